The lowest BCUT2D eigenvalue weighted by molar-refractivity contribution is 0.0520. The van der Waals surface area contributed by atoms with Crippen LogP contribution in [0.1, 0.15) is 40.5 Å². The van der Waals surface area contributed by atoms with Crippen LogP contribution in [-0.4, -0.2) is 72.5 Å². The van der Waals surface area contributed by atoms with Gasteiger partial charge in [-0.05, 0) is 25.5 Å². The van der Waals surface area contributed by atoms with Crippen molar-refractivity contribution >= 4 is 21.9 Å². The zero-order valence-corrected chi connectivity index (χ0v) is 16.5. The molecule has 1 aliphatic rings. The molecule has 0 atom stereocenters. The van der Waals surface area contributed by atoms with E-state index in [1.165, 1.54) is 15.5 Å². The molecule has 0 saturated carbocycles. The standard InChI is InChI=1S/C17H22N4O6S/c1-3-12-14(17(23)26-4-2)15(19-18-12)28(24,25)21-9-7-20(8-10-21)16(22)13-6-5-11-27-13/h5-6,11H,3-4,7-10H2,1-2H3,(H,18,19). The molecule has 1 N–H and O–H groups in total. The van der Waals surface area contributed by atoms with Gasteiger partial charge in [0.1, 0.15) is 5.56 Å². The summed E-state index contributed by atoms with van der Waals surface area (Å²) in [5.41, 5.74) is 0.349. The van der Waals surface area contributed by atoms with E-state index in [2.05, 4.69) is 10.2 Å². The van der Waals surface area contributed by atoms with E-state index >= 15 is 0 Å². The minimum Gasteiger partial charge on any atom is -0.462 e. The molecule has 0 unspecified atom stereocenters. The Morgan fingerprint density at radius 1 is 1.25 bits per heavy atom. The zero-order chi connectivity index (χ0) is 20.3. The molecule has 2 aromatic heterocycles. The van der Waals surface area contributed by atoms with Gasteiger partial charge in [-0.25, -0.2) is 13.2 Å². The van der Waals surface area contributed by atoms with Gasteiger partial charge >= 0.3 is 5.97 Å². The van der Waals surface area contributed by atoms with Crippen molar-refractivity contribution in [3.8, 4) is 0 Å². The first-order chi connectivity index (χ1) is 13.4. The van der Waals surface area contributed by atoms with E-state index in [-0.39, 0.29) is 55.0 Å². The molecule has 0 bridgehead atoms. The van der Waals surface area contributed by atoms with Crippen LogP contribution in [0.2, 0.25) is 0 Å². The van der Waals surface area contributed by atoms with Gasteiger partial charge in [0.05, 0.1) is 18.6 Å². The minimum atomic E-state index is -4.02. The van der Waals surface area contributed by atoms with Crippen LogP contribution < -0.4 is 0 Å². The number of aromatic amines is 1. The fourth-order valence-electron chi connectivity index (χ4n) is 3.03. The zero-order valence-electron chi connectivity index (χ0n) is 15.7. The van der Waals surface area contributed by atoms with E-state index in [0.717, 1.165) is 0 Å². The van der Waals surface area contributed by atoms with E-state index in [1.54, 1.807) is 26.0 Å². The molecule has 10 nitrogen and oxygen atoms in total. The number of piperazine rings is 1. The van der Waals surface area contributed by atoms with Gasteiger partial charge in [0, 0.05) is 26.2 Å². The molecule has 0 aromatic carbocycles. The first kappa shape index (κ1) is 20.1. The number of ether oxygens (including phenoxy) is 1. The predicted molar refractivity (Wildman–Crippen MR) is 97.3 cm³/mol. The van der Waals surface area contributed by atoms with Gasteiger partial charge < -0.3 is 14.1 Å². The second kappa shape index (κ2) is 8.15. The molecule has 3 rings (SSSR count). The molecular weight excluding hydrogens is 388 g/mol. The highest BCUT2D eigenvalue weighted by atomic mass is 32.2. The Balaban J connectivity index is 1.79. The van der Waals surface area contributed by atoms with Gasteiger partial charge in [-0.2, -0.15) is 9.40 Å². The molecule has 1 fully saturated rings. The number of nitrogens with zero attached hydrogens (tertiary/aromatic N) is 3. The molecule has 1 aliphatic heterocycles. The van der Waals surface area contributed by atoms with Crippen molar-refractivity contribution in [2.75, 3.05) is 32.8 Å². The average molecular weight is 410 g/mol. The summed E-state index contributed by atoms with van der Waals surface area (Å²) < 4.78 is 37.4. The van der Waals surface area contributed by atoms with Crippen LogP contribution in [-0.2, 0) is 21.2 Å². The van der Waals surface area contributed by atoms with E-state index in [1.807, 2.05) is 0 Å². The maximum Gasteiger partial charge on any atom is 0.343 e. The molecule has 11 heteroatoms. The number of esters is 1. The Kier molecular flexibility index (Phi) is 5.84. The molecule has 2 aromatic rings. The number of carbonyl (C=O) groups excluding carboxylic acids is 2. The molecule has 0 spiro atoms. The number of amides is 1. The maximum absolute atomic E-state index is 13.1. The number of nitrogens with one attached hydrogen (secondary N) is 1. The third-order valence-electron chi connectivity index (χ3n) is 4.48. The van der Waals surface area contributed by atoms with Gasteiger partial charge in [0.25, 0.3) is 15.9 Å². The lowest BCUT2D eigenvalue weighted by atomic mass is 10.2. The molecule has 1 amide bonds. The molecule has 0 radical (unpaired) electrons. The first-order valence-electron chi connectivity index (χ1n) is 8.97. The third-order valence-corrected chi connectivity index (χ3v) is 6.31. The highest BCUT2D eigenvalue weighted by Crippen LogP contribution is 2.23. The van der Waals surface area contributed by atoms with Crippen molar-refractivity contribution in [2.45, 2.75) is 25.3 Å². The number of hydrogen-bond acceptors (Lipinski definition) is 7. The second-order valence-corrected chi connectivity index (χ2v) is 7.98. The Hall–Kier alpha value is -2.66. The Morgan fingerprint density at radius 2 is 1.96 bits per heavy atom. The summed E-state index contributed by atoms with van der Waals surface area (Å²) in [5, 5.41) is 6.16. The quantitative estimate of drug-likeness (QED) is 0.701. The highest BCUT2D eigenvalue weighted by molar-refractivity contribution is 7.89. The van der Waals surface area contributed by atoms with Crippen LogP contribution in [0, 0.1) is 0 Å². The summed E-state index contributed by atoms with van der Waals surface area (Å²) >= 11 is 0. The number of sulfonamides is 1. The Morgan fingerprint density at radius 3 is 2.54 bits per heavy atom. The molecule has 28 heavy (non-hydrogen) atoms. The summed E-state index contributed by atoms with van der Waals surface area (Å²) in [6.07, 6.45) is 1.82. The lowest BCUT2D eigenvalue weighted by Crippen LogP contribution is -2.50. The Labute approximate surface area is 162 Å². The summed E-state index contributed by atoms with van der Waals surface area (Å²) in [4.78, 5) is 26.1. The minimum absolute atomic E-state index is 0.0570. The van der Waals surface area contributed by atoms with Crippen LogP contribution >= 0.6 is 0 Å². The lowest BCUT2D eigenvalue weighted by Gasteiger charge is -2.33. The summed E-state index contributed by atoms with van der Waals surface area (Å²) in [6, 6.07) is 3.18. The molecular formula is C17H22N4O6S. The number of carbonyl (C=O) groups is 2. The largest absolute Gasteiger partial charge is 0.462 e. The third kappa shape index (κ3) is 3.67. The van der Waals surface area contributed by atoms with Crippen LogP contribution in [0.5, 0.6) is 0 Å². The normalized spacial score (nSPS) is 15.6. The second-order valence-electron chi connectivity index (χ2n) is 6.13. The fraction of sp³-hybridized carbons (Fsp3) is 0.471. The average Bonchev–Trinajstić information content (AvgIpc) is 3.37. The van der Waals surface area contributed by atoms with E-state index in [4.69, 9.17) is 9.15 Å². The van der Waals surface area contributed by atoms with Gasteiger partial charge in [-0.3, -0.25) is 9.89 Å². The highest BCUT2D eigenvalue weighted by Gasteiger charge is 2.37. The van der Waals surface area contributed by atoms with Crippen molar-refractivity contribution in [1.29, 1.82) is 0 Å². The van der Waals surface area contributed by atoms with E-state index in [9.17, 15) is 18.0 Å². The topological polar surface area (TPSA) is 126 Å². The molecule has 3 heterocycles. The predicted octanol–water partition coefficient (Wildman–Crippen LogP) is 0.888. The number of aryl methyl sites for hydroxylation is 1. The van der Waals surface area contributed by atoms with Gasteiger partial charge in [-0.1, -0.05) is 6.92 Å². The number of hydrogen-bond donors (Lipinski definition) is 1. The SMILES string of the molecule is CCOC(=O)c1c(S(=O)(=O)N2CCN(C(=O)c3ccco3)CC2)n[nH]c1CC. The van der Waals surface area contributed by atoms with Crippen molar-refractivity contribution in [3.05, 3.63) is 35.4 Å². The molecule has 0 aliphatic carbocycles. The molecule has 1 saturated heterocycles. The van der Waals surface area contributed by atoms with E-state index < -0.39 is 16.0 Å². The number of rotatable bonds is 6. The van der Waals surface area contributed by atoms with Crippen molar-refractivity contribution in [2.24, 2.45) is 0 Å². The van der Waals surface area contributed by atoms with Crippen molar-refractivity contribution < 1.29 is 27.2 Å². The maximum atomic E-state index is 13.1. The van der Waals surface area contributed by atoms with Crippen LogP contribution in [0.25, 0.3) is 0 Å². The Bertz CT molecular complexity index is 942. The smallest absolute Gasteiger partial charge is 0.343 e. The summed E-state index contributed by atoms with van der Waals surface area (Å²) in [6.45, 7) is 4.15. The van der Waals surface area contributed by atoms with Crippen LogP contribution in [0.4, 0.5) is 0 Å². The number of aromatic nitrogens is 2. The number of H-pyrrole nitrogens is 1. The first-order valence-corrected chi connectivity index (χ1v) is 10.4. The van der Waals surface area contributed by atoms with Crippen LogP contribution in [0.3, 0.4) is 0 Å². The van der Waals surface area contributed by atoms with Gasteiger partial charge in [-0.15, -0.1) is 0 Å². The van der Waals surface area contributed by atoms with Gasteiger partial charge in [0.15, 0.2) is 5.76 Å². The summed E-state index contributed by atoms with van der Waals surface area (Å²) in [5.74, 6) is -0.804. The van der Waals surface area contributed by atoms with E-state index in [0.29, 0.717) is 12.1 Å². The monoisotopic (exact) mass is 410 g/mol. The van der Waals surface area contributed by atoms with Crippen molar-refractivity contribution in [1.82, 2.24) is 19.4 Å². The van der Waals surface area contributed by atoms with Crippen LogP contribution in [0.15, 0.2) is 27.8 Å². The fourth-order valence-corrected chi connectivity index (χ4v) is 4.54. The number of furan rings is 1. The van der Waals surface area contributed by atoms with Gasteiger partial charge in [0.2, 0.25) is 5.03 Å². The summed E-state index contributed by atoms with van der Waals surface area (Å²) in [7, 11) is -4.02. The van der Waals surface area contributed by atoms with Crippen molar-refractivity contribution in [3.63, 3.8) is 0 Å². The molecule has 152 valence electrons.